The van der Waals surface area contributed by atoms with Crippen molar-refractivity contribution in [2.24, 2.45) is 7.05 Å². The van der Waals surface area contributed by atoms with Gasteiger partial charge in [-0.05, 0) is 48.0 Å². The van der Waals surface area contributed by atoms with Crippen molar-refractivity contribution in [2.45, 2.75) is 5.75 Å². The highest BCUT2D eigenvalue weighted by atomic mass is 32.2. The van der Waals surface area contributed by atoms with Crippen LogP contribution in [0.25, 0.3) is 11.0 Å². The number of amides is 1. The molecule has 2 aromatic heterocycles. The summed E-state index contributed by atoms with van der Waals surface area (Å²) < 4.78 is 52.8. The molecule has 13 heteroatoms. The molecule has 0 saturated heterocycles. The maximum absolute atomic E-state index is 14.2. The fraction of sp³-hybridized carbons (Fsp3) is 0.143. The number of nitrogens with zero attached hydrogens (tertiary/aromatic N) is 5. The van der Waals surface area contributed by atoms with Gasteiger partial charge in [0.25, 0.3) is 5.91 Å². The number of hydrogen-bond donors (Lipinski definition) is 2. The van der Waals surface area contributed by atoms with Crippen molar-refractivity contribution >= 4 is 55.9 Å². The Balaban J connectivity index is 1.42. The number of rotatable bonds is 8. The molecule has 5 rings (SSSR count). The van der Waals surface area contributed by atoms with Crippen molar-refractivity contribution in [2.75, 3.05) is 28.8 Å². The average molecular weight is 578 g/mol. The number of benzene rings is 3. The number of anilines is 5. The number of carbonyl (C=O) groups excluding carboxylic acids is 1. The normalized spacial score (nSPS) is 11.4. The van der Waals surface area contributed by atoms with Crippen LogP contribution >= 0.6 is 0 Å². The van der Waals surface area contributed by atoms with Crippen molar-refractivity contribution in [1.82, 2.24) is 19.5 Å². The van der Waals surface area contributed by atoms with Gasteiger partial charge in [-0.15, -0.1) is 0 Å². The molecule has 0 unspecified atom stereocenters. The summed E-state index contributed by atoms with van der Waals surface area (Å²) in [6.45, 7) is 0. The Kier molecular flexibility index (Phi) is 7.37. The van der Waals surface area contributed by atoms with Gasteiger partial charge in [-0.2, -0.15) is 4.98 Å². The Morgan fingerprint density at radius 2 is 1.78 bits per heavy atom. The molecular weight excluding hydrogens is 552 g/mol. The Bertz CT molecular complexity index is 1890. The van der Waals surface area contributed by atoms with E-state index in [1.54, 1.807) is 60.1 Å². The third kappa shape index (κ3) is 5.99. The zero-order valence-electron chi connectivity index (χ0n) is 22.3. The van der Waals surface area contributed by atoms with Crippen LogP contribution in [-0.2, 0) is 22.6 Å². The topological polar surface area (TPSA) is 122 Å². The van der Waals surface area contributed by atoms with Gasteiger partial charge >= 0.3 is 0 Å². The molecule has 0 aliphatic rings. The van der Waals surface area contributed by atoms with Gasteiger partial charge in [0.05, 0.1) is 22.5 Å². The van der Waals surface area contributed by atoms with E-state index < -0.39 is 32.9 Å². The predicted molar refractivity (Wildman–Crippen MR) is 153 cm³/mol. The minimum atomic E-state index is -3.19. The Morgan fingerprint density at radius 3 is 2.56 bits per heavy atom. The van der Waals surface area contributed by atoms with E-state index in [9.17, 15) is 22.0 Å². The molecule has 0 spiro atoms. The lowest BCUT2D eigenvalue weighted by Gasteiger charge is -2.19. The molecule has 2 N–H and O–H groups in total. The van der Waals surface area contributed by atoms with E-state index in [-0.39, 0.29) is 11.7 Å². The molecule has 0 aliphatic heterocycles. The highest BCUT2D eigenvalue weighted by molar-refractivity contribution is 7.89. The van der Waals surface area contributed by atoms with Crippen molar-refractivity contribution in [3.8, 4) is 0 Å². The molecular formula is C28H25F2N7O3S. The fourth-order valence-electron chi connectivity index (χ4n) is 4.32. The van der Waals surface area contributed by atoms with Gasteiger partial charge < -0.3 is 14.8 Å². The first-order chi connectivity index (χ1) is 19.5. The minimum Gasteiger partial charge on any atom is -0.327 e. The van der Waals surface area contributed by atoms with Crippen LogP contribution in [0.3, 0.4) is 0 Å². The van der Waals surface area contributed by atoms with Crippen LogP contribution in [0.15, 0.2) is 72.9 Å². The van der Waals surface area contributed by atoms with Gasteiger partial charge in [-0.3, -0.25) is 10.1 Å². The number of fused-ring (bicyclic) bond motifs is 1. The van der Waals surface area contributed by atoms with Gasteiger partial charge in [0, 0.05) is 32.2 Å². The van der Waals surface area contributed by atoms with Gasteiger partial charge in [-0.25, -0.2) is 27.2 Å². The lowest BCUT2D eigenvalue weighted by molar-refractivity contribution is 0.102. The number of para-hydroxylation sites is 1. The smallest absolute Gasteiger partial charge is 0.261 e. The van der Waals surface area contributed by atoms with Crippen LogP contribution < -0.4 is 15.5 Å². The van der Waals surface area contributed by atoms with Gasteiger partial charge in [0.15, 0.2) is 21.5 Å². The quantitative estimate of drug-likeness (QED) is 0.266. The third-order valence-corrected chi connectivity index (χ3v) is 7.13. The monoisotopic (exact) mass is 577 g/mol. The number of aromatic nitrogens is 4. The third-order valence-electron chi connectivity index (χ3n) is 6.27. The summed E-state index contributed by atoms with van der Waals surface area (Å²) in [5, 5.41) is 5.66. The van der Waals surface area contributed by atoms with Crippen LogP contribution in [0, 0.1) is 11.6 Å². The summed E-state index contributed by atoms with van der Waals surface area (Å²) >= 11 is 0. The van der Waals surface area contributed by atoms with E-state index in [1.807, 2.05) is 18.2 Å². The number of halogens is 2. The number of hydrogen-bond acceptors (Lipinski definition) is 8. The first kappa shape index (κ1) is 27.6. The number of aryl methyl sites for hydroxylation is 1. The van der Waals surface area contributed by atoms with Crippen molar-refractivity contribution in [3.63, 3.8) is 0 Å². The van der Waals surface area contributed by atoms with Crippen molar-refractivity contribution in [1.29, 1.82) is 0 Å². The van der Waals surface area contributed by atoms with Gasteiger partial charge in [-0.1, -0.05) is 24.3 Å². The molecule has 0 atom stereocenters. The average Bonchev–Trinajstić information content (AvgIpc) is 3.24. The molecule has 10 nitrogen and oxygen atoms in total. The molecule has 5 aromatic rings. The lowest BCUT2D eigenvalue weighted by atomic mass is 10.2. The second-order valence-electron chi connectivity index (χ2n) is 9.39. The minimum absolute atomic E-state index is 0.0835. The maximum atomic E-state index is 14.2. The van der Waals surface area contributed by atoms with Crippen LogP contribution in [0.1, 0.15) is 15.9 Å². The van der Waals surface area contributed by atoms with E-state index in [0.717, 1.165) is 6.07 Å². The highest BCUT2D eigenvalue weighted by Gasteiger charge is 2.20. The summed E-state index contributed by atoms with van der Waals surface area (Å²) in [7, 11) is 0.302. The molecule has 0 saturated carbocycles. The molecule has 210 valence electrons. The fourth-order valence-corrected chi connectivity index (χ4v) is 5.11. The first-order valence-corrected chi connectivity index (χ1v) is 14.4. The van der Waals surface area contributed by atoms with Gasteiger partial charge in [0.1, 0.15) is 11.3 Å². The summed E-state index contributed by atoms with van der Waals surface area (Å²) in [4.78, 5) is 27.9. The summed E-state index contributed by atoms with van der Waals surface area (Å²) in [5.41, 5.74) is 2.71. The van der Waals surface area contributed by atoms with E-state index >= 15 is 0 Å². The summed E-state index contributed by atoms with van der Waals surface area (Å²) in [5.74, 6) is -2.30. The molecule has 2 heterocycles. The molecule has 41 heavy (non-hydrogen) atoms. The maximum Gasteiger partial charge on any atom is 0.261 e. The Morgan fingerprint density at radius 1 is 1.02 bits per heavy atom. The largest absolute Gasteiger partial charge is 0.327 e. The van der Waals surface area contributed by atoms with Gasteiger partial charge in [0.2, 0.25) is 11.9 Å². The second-order valence-corrected chi connectivity index (χ2v) is 11.5. The number of nitrogens with one attached hydrogen (secondary N) is 2. The molecule has 3 aromatic carbocycles. The molecule has 0 bridgehead atoms. The summed E-state index contributed by atoms with van der Waals surface area (Å²) in [6, 6.07) is 17.6. The SMILES string of the molecule is CN(c1ccnc(Nc2cccc(CS(C)(=O)=O)c2)n1)c1cccc2c1nc(NC(=O)c1cccc(F)c1F)n2C. The van der Waals surface area contributed by atoms with Crippen LogP contribution in [0.5, 0.6) is 0 Å². The Hall–Kier alpha value is -4.91. The number of sulfone groups is 1. The molecule has 1 amide bonds. The zero-order chi connectivity index (χ0) is 29.3. The standard InChI is InChI=1S/C28H25F2N7O3S/c1-36(23-13-14-31-27(33-23)32-18-8-4-7-17(15-18)16-41(3,39)40)21-11-6-12-22-25(21)34-28(37(22)2)35-26(38)19-9-5-10-20(29)24(19)30/h4-15H,16H2,1-3H3,(H,31,32,33)(H,34,35,38). The first-order valence-electron chi connectivity index (χ1n) is 12.3. The lowest BCUT2D eigenvalue weighted by Crippen LogP contribution is -2.17. The van der Waals surface area contributed by atoms with Crippen LogP contribution in [-0.4, -0.2) is 47.1 Å². The number of carbonyl (C=O) groups is 1. The van der Waals surface area contributed by atoms with E-state index in [0.29, 0.717) is 39.7 Å². The van der Waals surface area contributed by atoms with E-state index in [4.69, 9.17) is 0 Å². The molecule has 0 radical (unpaired) electrons. The van der Waals surface area contributed by atoms with Crippen molar-refractivity contribution < 1.29 is 22.0 Å². The van der Waals surface area contributed by atoms with Crippen LogP contribution in [0.4, 0.5) is 37.9 Å². The molecule has 0 aliphatic carbocycles. The van der Waals surface area contributed by atoms with E-state index in [2.05, 4.69) is 25.6 Å². The second kappa shape index (κ2) is 10.9. The predicted octanol–water partition coefficient (Wildman–Crippen LogP) is 4.95. The van der Waals surface area contributed by atoms with Crippen LogP contribution in [0.2, 0.25) is 0 Å². The van der Waals surface area contributed by atoms with Crippen molar-refractivity contribution in [3.05, 3.63) is 95.7 Å². The molecule has 0 fully saturated rings. The Labute approximate surface area is 234 Å². The highest BCUT2D eigenvalue weighted by Crippen LogP contribution is 2.32. The van der Waals surface area contributed by atoms with E-state index in [1.165, 1.54) is 18.4 Å². The number of imidazole rings is 1. The zero-order valence-corrected chi connectivity index (χ0v) is 23.1. The summed E-state index contributed by atoms with van der Waals surface area (Å²) in [6.07, 6.45) is 2.76.